The fourth-order valence-electron chi connectivity index (χ4n) is 2.63. The second kappa shape index (κ2) is 6.86. The van der Waals surface area contributed by atoms with Crippen LogP contribution in [0.15, 0.2) is 36.8 Å². The van der Waals surface area contributed by atoms with E-state index >= 15 is 0 Å². The van der Waals surface area contributed by atoms with E-state index in [1.165, 1.54) is 0 Å². The van der Waals surface area contributed by atoms with Crippen LogP contribution in [-0.2, 0) is 11.3 Å². The highest BCUT2D eigenvalue weighted by molar-refractivity contribution is 5.92. The highest BCUT2D eigenvalue weighted by Crippen LogP contribution is 2.21. The fraction of sp³-hybridized carbons (Fsp3) is 0.294. The zero-order valence-corrected chi connectivity index (χ0v) is 14.4. The van der Waals surface area contributed by atoms with Crippen molar-refractivity contribution >= 4 is 5.91 Å². The van der Waals surface area contributed by atoms with Gasteiger partial charge in [-0.1, -0.05) is 6.07 Å². The minimum Gasteiger partial charge on any atom is -0.380 e. The minimum atomic E-state index is -0.528. The lowest BCUT2D eigenvalue weighted by atomic mass is 10.3. The number of methoxy groups -OCH3 is 1. The predicted octanol–water partition coefficient (Wildman–Crippen LogP) is 1.96. The summed E-state index contributed by atoms with van der Waals surface area (Å²) in [7, 11) is 1.60. The molecule has 3 rings (SSSR count). The Morgan fingerprint density at radius 3 is 2.84 bits per heavy atom. The molecule has 2 N–H and O–H groups in total. The monoisotopic (exact) mass is 340 g/mol. The molecule has 3 aromatic heterocycles. The maximum absolute atomic E-state index is 11.8. The van der Waals surface area contributed by atoms with E-state index < -0.39 is 5.91 Å². The molecule has 0 aliphatic heterocycles. The van der Waals surface area contributed by atoms with E-state index in [1.54, 1.807) is 30.3 Å². The average molecular weight is 340 g/mol. The van der Waals surface area contributed by atoms with Crippen LogP contribution in [0.5, 0.6) is 0 Å². The van der Waals surface area contributed by atoms with E-state index in [0.29, 0.717) is 29.6 Å². The van der Waals surface area contributed by atoms with Crippen LogP contribution in [0.2, 0.25) is 0 Å². The lowest BCUT2D eigenvalue weighted by molar-refractivity contribution is 0.0993. The Balaban J connectivity index is 2.08. The predicted molar refractivity (Wildman–Crippen MR) is 92.2 cm³/mol. The molecule has 8 nitrogen and oxygen atoms in total. The second-order valence-corrected chi connectivity index (χ2v) is 5.94. The van der Waals surface area contributed by atoms with Crippen molar-refractivity contribution in [2.75, 3.05) is 7.11 Å². The number of ether oxygens (including phenoxy) is 1. The maximum Gasteiger partial charge on any atom is 0.265 e. The van der Waals surface area contributed by atoms with E-state index in [4.69, 9.17) is 10.5 Å². The van der Waals surface area contributed by atoms with Crippen molar-refractivity contribution < 1.29 is 9.53 Å². The van der Waals surface area contributed by atoms with Crippen LogP contribution in [0.3, 0.4) is 0 Å². The van der Waals surface area contributed by atoms with Gasteiger partial charge in [-0.3, -0.25) is 9.36 Å². The minimum absolute atomic E-state index is 0.205. The molecule has 25 heavy (non-hydrogen) atoms. The Morgan fingerprint density at radius 2 is 2.16 bits per heavy atom. The first-order chi connectivity index (χ1) is 12.0. The van der Waals surface area contributed by atoms with Crippen molar-refractivity contribution in [2.24, 2.45) is 5.73 Å². The van der Waals surface area contributed by atoms with Crippen LogP contribution in [0.25, 0.3) is 17.3 Å². The summed E-state index contributed by atoms with van der Waals surface area (Å²) in [5.41, 5.74) is 7.36. The van der Waals surface area contributed by atoms with Crippen LogP contribution in [0.1, 0.15) is 35.9 Å². The van der Waals surface area contributed by atoms with Crippen LogP contribution in [0.4, 0.5) is 0 Å². The van der Waals surface area contributed by atoms with Crippen molar-refractivity contribution in [3.05, 3.63) is 48.0 Å². The van der Waals surface area contributed by atoms with Gasteiger partial charge in [-0.15, -0.1) is 10.2 Å². The summed E-state index contributed by atoms with van der Waals surface area (Å²) in [6.45, 7) is 4.48. The number of amides is 1. The molecule has 0 bridgehead atoms. The number of hydrogen-bond donors (Lipinski definition) is 1. The van der Waals surface area contributed by atoms with E-state index in [1.807, 2.05) is 36.6 Å². The molecule has 130 valence electrons. The molecule has 0 aliphatic rings. The van der Waals surface area contributed by atoms with Crippen molar-refractivity contribution in [1.29, 1.82) is 0 Å². The van der Waals surface area contributed by atoms with Gasteiger partial charge in [0.15, 0.2) is 5.82 Å². The van der Waals surface area contributed by atoms with Gasteiger partial charge in [0.05, 0.1) is 6.61 Å². The van der Waals surface area contributed by atoms with Crippen LogP contribution < -0.4 is 5.73 Å². The van der Waals surface area contributed by atoms with Crippen molar-refractivity contribution in [3.63, 3.8) is 0 Å². The molecule has 0 saturated carbocycles. The molecule has 0 spiro atoms. The summed E-state index contributed by atoms with van der Waals surface area (Å²) < 4.78 is 8.73. The Kier molecular flexibility index (Phi) is 4.62. The molecule has 3 aromatic rings. The number of aromatic nitrogens is 5. The molecule has 0 fully saturated rings. The van der Waals surface area contributed by atoms with Crippen molar-refractivity contribution in [2.45, 2.75) is 26.5 Å². The van der Waals surface area contributed by atoms with Gasteiger partial charge in [-0.25, -0.2) is 4.98 Å². The quantitative estimate of drug-likeness (QED) is 0.739. The van der Waals surface area contributed by atoms with Gasteiger partial charge >= 0.3 is 0 Å². The number of carbonyl (C=O) groups is 1. The fourth-order valence-corrected chi connectivity index (χ4v) is 2.63. The maximum atomic E-state index is 11.8. The third-order valence-electron chi connectivity index (χ3n) is 3.78. The molecule has 3 heterocycles. The van der Waals surface area contributed by atoms with Crippen molar-refractivity contribution in [1.82, 2.24) is 24.3 Å². The molecule has 0 radical (unpaired) electrons. The smallest absolute Gasteiger partial charge is 0.265 e. The van der Waals surface area contributed by atoms with Gasteiger partial charge in [0.2, 0.25) is 0 Å². The standard InChI is InChI=1S/C17H20N6O2/c1-11(2)23-10-19-21-17(23)13-5-4-6-15(20-13)22-8-12(9-25-3)7-14(22)16(18)24/h4-8,10-11H,9H2,1-3H3,(H2,18,24). The van der Waals surface area contributed by atoms with Crippen LogP contribution in [0, 0.1) is 0 Å². The molecule has 1 amide bonds. The normalized spacial score (nSPS) is 11.2. The molecule has 0 saturated heterocycles. The van der Waals surface area contributed by atoms with Crippen LogP contribution in [-0.4, -0.2) is 37.3 Å². The van der Waals surface area contributed by atoms with Gasteiger partial charge in [-0.2, -0.15) is 0 Å². The van der Waals surface area contributed by atoms with Gasteiger partial charge in [0, 0.05) is 19.3 Å². The summed E-state index contributed by atoms with van der Waals surface area (Å²) >= 11 is 0. The number of pyridine rings is 1. The number of rotatable bonds is 6. The molecule has 8 heteroatoms. The lowest BCUT2D eigenvalue weighted by Gasteiger charge is -2.11. The highest BCUT2D eigenvalue weighted by Gasteiger charge is 2.16. The summed E-state index contributed by atoms with van der Waals surface area (Å²) in [5.74, 6) is 0.716. The zero-order chi connectivity index (χ0) is 18.0. The van der Waals surface area contributed by atoms with E-state index in [9.17, 15) is 4.79 Å². The summed E-state index contributed by atoms with van der Waals surface area (Å²) in [6, 6.07) is 7.43. The summed E-state index contributed by atoms with van der Waals surface area (Å²) in [6.07, 6.45) is 3.47. The SMILES string of the molecule is COCc1cc(C(N)=O)n(-c2cccc(-c3nncn3C(C)C)n2)c1. The Morgan fingerprint density at radius 1 is 1.36 bits per heavy atom. The van der Waals surface area contributed by atoms with E-state index in [0.717, 1.165) is 5.56 Å². The first kappa shape index (κ1) is 16.8. The molecule has 0 aromatic carbocycles. The summed E-state index contributed by atoms with van der Waals surface area (Å²) in [4.78, 5) is 16.4. The number of nitrogens with zero attached hydrogens (tertiary/aromatic N) is 5. The Labute approximate surface area is 145 Å². The Bertz CT molecular complexity index is 896. The van der Waals surface area contributed by atoms with E-state index in [-0.39, 0.29) is 6.04 Å². The number of primary amides is 1. The second-order valence-electron chi connectivity index (χ2n) is 5.94. The summed E-state index contributed by atoms with van der Waals surface area (Å²) in [5, 5.41) is 8.14. The third-order valence-corrected chi connectivity index (χ3v) is 3.78. The Hall–Kier alpha value is -3.00. The molecule has 0 unspecified atom stereocenters. The van der Waals surface area contributed by atoms with Crippen LogP contribution >= 0.6 is 0 Å². The first-order valence-corrected chi connectivity index (χ1v) is 7.88. The first-order valence-electron chi connectivity index (χ1n) is 7.88. The number of nitrogens with two attached hydrogens (primary N) is 1. The topological polar surface area (TPSA) is 101 Å². The number of hydrogen-bond acceptors (Lipinski definition) is 5. The van der Waals surface area contributed by atoms with Gasteiger partial charge in [-0.05, 0) is 37.6 Å². The average Bonchev–Trinajstić information content (AvgIpc) is 3.22. The third kappa shape index (κ3) is 3.29. The molecular weight excluding hydrogens is 320 g/mol. The molecule has 0 atom stereocenters. The lowest BCUT2D eigenvalue weighted by Crippen LogP contribution is -2.16. The van der Waals surface area contributed by atoms with Crippen molar-refractivity contribution in [3.8, 4) is 17.3 Å². The van der Waals surface area contributed by atoms with Gasteiger partial charge in [0.1, 0.15) is 23.5 Å². The molecular formula is C17H20N6O2. The van der Waals surface area contributed by atoms with Gasteiger partial charge in [0.25, 0.3) is 5.91 Å². The van der Waals surface area contributed by atoms with Gasteiger partial charge < -0.3 is 15.0 Å². The molecule has 0 aliphatic carbocycles. The number of carbonyl (C=O) groups excluding carboxylic acids is 1. The largest absolute Gasteiger partial charge is 0.380 e. The van der Waals surface area contributed by atoms with E-state index in [2.05, 4.69) is 15.2 Å². The zero-order valence-electron chi connectivity index (χ0n) is 14.4. The highest BCUT2D eigenvalue weighted by atomic mass is 16.5.